The average molecular weight is 258 g/mol. The number of methoxy groups -OCH3 is 1. The number of para-hydroxylation sites is 1. The van der Waals surface area contributed by atoms with Crippen LogP contribution in [-0.2, 0) is 4.74 Å². The summed E-state index contributed by atoms with van der Waals surface area (Å²) in [5.74, 6) is 0.333. The molecule has 0 aliphatic carbocycles. The van der Waals surface area contributed by atoms with E-state index in [9.17, 15) is 4.79 Å². The van der Waals surface area contributed by atoms with E-state index in [4.69, 9.17) is 15.2 Å². The van der Waals surface area contributed by atoms with Gasteiger partial charge < -0.3 is 15.2 Å². The molecule has 1 aromatic carbocycles. The number of carbonyl (C=O) groups excluding carboxylic acids is 1. The van der Waals surface area contributed by atoms with Crippen molar-refractivity contribution in [3.63, 3.8) is 0 Å². The summed E-state index contributed by atoms with van der Waals surface area (Å²) in [4.78, 5) is 15.8. The molecule has 0 saturated carbocycles. The molecule has 0 radical (unpaired) electrons. The lowest BCUT2D eigenvalue weighted by Gasteiger charge is -2.13. The predicted octanol–water partition coefficient (Wildman–Crippen LogP) is 2.55. The van der Waals surface area contributed by atoms with Gasteiger partial charge in [-0.3, -0.25) is 4.98 Å². The Bertz CT molecular complexity index is 611. The number of nitrogens with two attached hydrogens (primary N) is 1. The standard InChI is InChI=1S/C14H14N2O3/c1-9-12(7-4-8-16-9)19-13-10(14(17)18-2)5-3-6-11(13)15/h3-8H,15H2,1-2H3. The SMILES string of the molecule is COC(=O)c1cccc(N)c1Oc1cccnc1C. The van der Waals surface area contributed by atoms with Crippen molar-refractivity contribution in [3.05, 3.63) is 47.8 Å². The number of aryl methyl sites for hydroxylation is 1. The van der Waals surface area contributed by atoms with Crippen LogP contribution in [0.2, 0.25) is 0 Å². The number of hydrogen-bond acceptors (Lipinski definition) is 5. The lowest BCUT2D eigenvalue weighted by atomic mass is 10.1. The van der Waals surface area contributed by atoms with E-state index in [1.54, 1.807) is 36.5 Å². The second-order valence-electron chi connectivity index (χ2n) is 3.90. The third-order valence-electron chi connectivity index (χ3n) is 2.62. The largest absolute Gasteiger partial charge is 0.465 e. The molecule has 1 aromatic heterocycles. The van der Waals surface area contributed by atoms with Crippen LogP contribution >= 0.6 is 0 Å². The maximum atomic E-state index is 11.7. The summed E-state index contributed by atoms with van der Waals surface area (Å²) in [6, 6.07) is 8.44. The second-order valence-corrected chi connectivity index (χ2v) is 3.90. The molecule has 2 rings (SSSR count). The number of esters is 1. The highest BCUT2D eigenvalue weighted by atomic mass is 16.5. The van der Waals surface area contributed by atoms with Gasteiger partial charge in [-0.15, -0.1) is 0 Å². The minimum Gasteiger partial charge on any atom is -0.465 e. The molecule has 1 heterocycles. The number of aromatic nitrogens is 1. The van der Waals surface area contributed by atoms with Gasteiger partial charge in [-0.25, -0.2) is 4.79 Å². The molecule has 98 valence electrons. The second kappa shape index (κ2) is 5.39. The Morgan fingerprint density at radius 3 is 2.74 bits per heavy atom. The molecule has 0 amide bonds. The first-order valence-electron chi connectivity index (χ1n) is 5.69. The summed E-state index contributed by atoms with van der Waals surface area (Å²) in [6.07, 6.45) is 1.66. The van der Waals surface area contributed by atoms with Crippen LogP contribution in [0.3, 0.4) is 0 Å². The Balaban J connectivity index is 2.45. The fraction of sp³-hybridized carbons (Fsp3) is 0.143. The van der Waals surface area contributed by atoms with Crippen LogP contribution in [0.15, 0.2) is 36.5 Å². The number of benzene rings is 1. The Morgan fingerprint density at radius 2 is 2.05 bits per heavy atom. The summed E-state index contributed by atoms with van der Waals surface area (Å²) >= 11 is 0. The molecule has 0 unspecified atom stereocenters. The van der Waals surface area contributed by atoms with Gasteiger partial charge in [0.05, 0.1) is 18.5 Å². The van der Waals surface area contributed by atoms with E-state index in [2.05, 4.69) is 4.98 Å². The van der Waals surface area contributed by atoms with E-state index in [0.717, 1.165) is 0 Å². The monoisotopic (exact) mass is 258 g/mol. The number of nitrogens with zero attached hydrogens (tertiary/aromatic N) is 1. The third kappa shape index (κ3) is 2.65. The first-order valence-corrected chi connectivity index (χ1v) is 5.69. The normalized spacial score (nSPS) is 10.0. The van der Waals surface area contributed by atoms with Crippen LogP contribution in [0.25, 0.3) is 0 Å². The molecular weight excluding hydrogens is 244 g/mol. The molecule has 2 N–H and O–H groups in total. The van der Waals surface area contributed by atoms with Crippen molar-refractivity contribution in [2.45, 2.75) is 6.92 Å². The zero-order chi connectivity index (χ0) is 13.8. The van der Waals surface area contributed by atoms with E-state index in [1.165, 1.54) is 7.11 Å². The van der Waals surface area contributed by atoms with E-state index in [1.807, 2.05) is 6.92 Å². The Kier molecular flexibility index (Phi) is 3.66. The summed E-state index contributed by atoms with van der Waals surface area (Å²) in [6.45, 7) is 1.81. The van der Waals surface area contributed by atoms with Gasteiger partial charge in [-0.1, -0.05) is 6.07 Å². The number of rotatable bonds is 3. The van der Waals surface area contributed by atoms with Crippen molar-refractivity contribution in [1.82, 2.24) is 4.98 Å². The summed E-state index contributed by atoms with van der Waals surface area (Å²) in [5, 5.41) is 0. The Hall–Kier alpha value is -2.56. The van der Waals surface area contributed by atoms with E-state index in [-0.39, 0.29) is 11.3 Å². The fourth-order valence-electron chi connectivity index (χ4n) is 1.63. The third-order valence-corrected chi connectivity index (χ3v) is 2.62. The van der Waals surface area contributed by atoms with Crippen LogP contribution in [-0.4, -0.2) is 18.1 Å². The first-order chi connectivity index (χ1) is 9.13. The van der Waals surface area contributed by atoms with Crippen molar-refractivity contribution >= 4 is 11.7 Å². The first kappa shape index (κ1) is 12.9. The number of carbonyl (C=O) groups is 1. The molecular formula is C14H14N2O3. The molecule has 5 heteroatoms. The Labute approximate surface area is 111 Å². The highest BCUT2D eigenvalue weighted by molar-refractivity contribution is 5.94. The van der Waals surface area contributed by atoms with Gasteiger partial charge in [0.25, 0.3) is 0 Å². The van der Waals surface area contributed by atoms with Crippen molar-refractivity contribution < 1.29 is 14.3 Å². The molecule has 19 heavy (non-hydrogen) atoms. The predicted molar refractivity (Wildman–Crippen MR) is 71.2 cm³/mol. The number of nitrogen functional groups attached to an aromatic ring is 1. The molecule has 0 fully saturated rings. The van der Waals surface area contributed by atoms with Crippen molar-refractivity contribution in [2.75, 3.05) is 12.8 Å². The van der Waals surface area contributed by atoms with Crippen LogP contribution in [0, 0.1) is 6.92 Å². The number of ether oxygens (including phenoxy) is 2. The summed E-state index contributed by atoms with van der Waals surface area (Å²) < 4.78 is 10.4. The van der Waals surface area contributed by atoms with E-state index in [0.29, 0.717) is 17.1 Å². The van der Waals surface area contributed by atoms with Crippen molar-refractivity contribution in [3.8, 4) is 11.5 Å². The topological polar surface area (TPSA) is 74.4 Å². The van der Waals surface area contributed by atoms with Gasteiger partial charge in [-0.2, -0.15) is 0 Å². The van der Waals surface area contributed by atoms with Crippen LogP contribution < -0.4 is 10.5 Å². The lowest BCUT2D eigenvalue weighted by Crippen LogP contribution is -2.06. The molecule has 0 spiro atoms. The number of hydrogen-bond donors (Lipinski definition) is 1. The molecule has 0 atom stereocenters. The maximum Gasteiger partial charge on any atom is 0.341 e. The van der Waals surface area contributed by atoms with E-state index >= 15 is 0 Å². The summed E-state index contributed by atoms with van der Waals surface area (Å²) in [7, 11) is 1.31. The smallest absolute Gasteiger partial charge is 0.341 e. The zero-order valence-electron chi connectivity index (χ0n) is 10.7. The lowest BCUT2D eigenvalue weighted by molar-refractivity contribution is 0.0598. The van der Waals surface area contributed by atoms with Crippen molar-refractivity contribution in [2.24, 2.45) is 0 Å². The highest BCUT2D eigenvalue weighted by Crippen LogP contribution is 2.32. The average Bonchev–Trinajstić information content (AvgIpc) is 2.42. The fourth-order valence-corrected chi connectivity index (χ4v) is 1.63. The molecule has 5 nitrogen and oxygen atoms in total. The quantitative estimate of drug-likeness (QED) is 0.676. The van der Waals surface area contributed by atoms with Gasteiger partial charge in [-0.05, 0) is 31.2 Å². The number of anilines is 1. The molecule has 0 bridgehead atoms. The van der Waals surface area contributed by atoms with Crippen LogP contribution in [0.5, 0.6) is 11.5 Å². The maximum absolute atomic E-state index is 11.7. The molecule has 0 aliphatic heterocycles. The van der Waals surface area contributed by atoms with Crippen LogP contribution in [0.4, 0.5) is 5.69 Å². The minimum absolute atomic E-state index is 0.283. The number of pyridine rings is 1. The minimum atomic E-state index is -0.496. The summed E-state index contributed by atoms with van der Waals surface area (Å²) in [5.41, 5.74) is 7.22. The van der Waals surface area contributed by atoms with Gasteiger partial charge in [0.2, 0.25) is 0 Å². The van der Waals surface area contributed by atoms with E-state index < -0.39 is 5.97 Å². The Morgan fingerprint density at radius 1 is 1.26 bits per heavy atom. The molecule has 2 aromatic rings. The van der Waals surface area contributed by atoms with Gasteiger partial charge in [0, 0.05) is 6.20 Å². The highest BCUT2D eigenvalue weighted by Gasteiger charge is 2.17. The van der Waals surface area contributed by atoms with Gasteiger partial charge >= 0.3 is 5.97 Å². The van der Waals surface area contributed by atoms with Gasteiger partial charge in [0.15, 0.2) is 5.75 Å². The van der Waals surface area contributed by atoms with Crippen molar-refractivity contribution in [1.29, 1.82) is 0 Å². The molecule has 0 saturated heterocycles. The molecule has 0 aliphatic rings. The van der Waals surface area contributed by atoms with Gasteiger partial charge in [0.1, 0.15) is 11.3 Å². The zero-order valence-corrected chi connectivity index (χ0v) is 10.7. The van der Waals surface area contributed by atoms with Crippen LogP contribution in [0.1, 0.15) is 16.1 Å².